The van der Waals surface area contributed by atoms with E-state index in [1.54, 1.807) is 12.4 Å². The van der Waals surface area contributed by atoms with E-state index in [-0.39, 0.29) is 0 Å². The summed E-state index contributed by atoms with van der Waals surface area (Å²) < 4.78 is 0. The lowest BCUT2D eigenvalue weighted by Crippen LogP contribution is -2.18. The topological polar surface area (TPSA) is 26.5 Å². The molecule has 1 saturated carbocycles. The Labute approximate surface area is 73.8 Å². The smallest absolute Gasteiger partial charge is 0.131 e. The molecular formula is C10H15N2. The minimum Gasteiger partial charge on any atom is -0.240 e. The minimum absolute atomic E-state index is 0.655. The molecule has 0 N–H and O–H groups in total. The molecule has 0 saturated heterocycles. The molecule has 0 aromatic heterocycles. The molecule has 1 aliphatic carbocycles. The van der Waals surface area contributed by atoms with Crippen LogP contribution in [0.4, 0.5) is 0 Å². The van der Waals surface area contributed by atoms with E-state index in [0.717, 1.165) is 5.84 Å². The number of aliphatic imine (C=N–C) groups is 1. The largest absolute Gasteiger partial charge is 0.240 e. The average Bonchev–Trinajstić information content (AvgIpc) is 2.48. The lowest BCUT2D eigenvalue weighted by atomic mass is 9.99. The zero-order valence-electron chi connectivity index (χ0n) is 7.37. The van der Waals surface area contributed by atoms with Gasteiger partial charge >= 0.3 is 0 Å². The summed E-state index contributed by atoms with van der Waals surface area (Å²) in [6.07, 6.45) is 11.7. The zero-order valence-corrected chi connectivity index (χ0v) is 7.37. The molecular weight excluding hydrogens is 148 g/mol. The number of hydrogen-bond donors (Lipinski definition) is 0. The van der Waals surface area contributed by atoms with Crippen LogP contribution in [0.5, 0.6) is 0 Å². The van der Waals surface area contributed by atoms with Crippen molar-refractivity contribution in [1.82, 2.24) is 5.32 Å². The van der Waals surface area contributed by atoms with Crippen LogP contribution in [0.2, 0.25) is 0 Å². The average molecular weight is 163 g/mol. The van der Waals surface area contributed by atoms with Crippen molar-refractivity contribution in [3.63, 3.8) is 0 Å². The molecule has 0 aromatic carbocycles. The van der Waals surface area contributed by atoms with Gasteiger partial charge in [-0.25, -0.2) is 10.3 Å². The van der Waals surface area contributed by atoms with Crippen LogP contribution in [-0.4, -0.2) is 5.84 Å². The van der Waals surface area contributed by atoms with Crippen LogP contribution in [0.3, 0.4) is 0 Å². The number of nitrogens with zero attached hydrogens (tertiary/aromatic N) is 2. The SMILES string of the molecule is C1=CN=C(C2CCCCCC2)[N]1. The summed E-state index contributed by atoms with van der Waals surface area (Å²) in [5.74, 6) is 1.74. The molecule has 1 radical (unpaired) electrons. The van der Waals surface area contributed by atoms with Gasteiger partial charge in [-0.2, -0.15) is 0 Å². The monoisotopic (exact) mass is 163 g/mol. The van der Waals surface area contributed by atoms with Gasteiger partial charge in [-0.15, -0.1) is 0 Å². The van der Waals surface area contributed by atoms with Crippen LogP contribution < -0.4 is 5.32 Å². The third-order valence-corrected chi connectivity index (χ3v) is 2.70. The molecule has 2 nitrogen and oxygen atoms in total. The van der Waals surface area contributed by atoms with E-state index < -0.39 is 0 Å². The Morgan fingerprint density at radius 1 is 1.00 bits per heavy atom. The summed E-state index contributed by atoms with van der Waals surface area (Å²) in [5, 5.41) is 4.27. The van der Waals surface area contributed by atoms with Crippen LogP contribution in [0.1, 0.15) is 38.5 Å². The van der Waals surface area contributed by atoms with E-state index in [0.29, 0.717) is 5.92 Å². The van der Waals surface area contributed by atoms with Crippen molar-refractivity contribution in [2.45, 2.75) is 38.5 Å². The first kappa shape index (κ1) is 7.84. The third kappa shape index (κ3) is 1.68. The molecule has 12 heavy (non-hydrogen) atoms. The number of hydrogen-bond acceptors (Lipinski definition) is 1. The second kappa shape index (κ2) is 3.74. The van der Waals surface area contributed by atoms with Gasteiger partial charge in [0.25, 0.3) is 0 Å². The number of amidine groups is 1. The Kier molecular flexibility index (Phi) is 2.45. The van der Waals surface area contributed by atoms with E-state index >= 15 is 0 Å². The second-order valence-electron chi connectivity index (χ2n) is 3.60. The third-order valence-electron chi connectivity index (χ3n) is 2.70. The molecule has 65 valence electrons. The normalized spacial score (nSPS) is 24.8. The Bertz CT molecular complexity index is 198. The van der Waals surface area contributed by atoms with Gasteiger partial charge in [0.1, 0.15) is 5.84 Å². The first-order chi connectivity index (χ1) is 5.97. The highest BCUT2D eigenvalue weighted by Gasteiger charge is 2.19. The second-order valence-corrected chi connectivity index (χ2v) is 3.60. The van der Waals surface area contributed by atoms with E-state index in [1.807, 2.05) is 0 Å². The highest BCUT2D eigenvalue weighted by molar-refractivity contribution is 5.87. The number of rotatable bonds is 1. The lowest BCUT2D eigenvalue weighted by Gasteiger charge is -2.11. The summed E-state index contributed by atoms with van der Waals surface area (Å²) in [6, 6.07) is 0. The van der Waals surface area contributed by atoms with Crippen molar-refractivity contribution in [2.75, 3.05) is 0 Å². The van der Waals surface area contributed by atoms with Gasteiger partial charge in [0.15, 0.2) is 0 Å². The fourth-order valence-electron chi connectivity index (χ4n) is 2.00. The molecule has 0 unspecified atom stereocenters. The van der Waals surface area contributed by atoms with E-state index in [2.05, 4.69) is 10.3 Å². The molecule has 0 amide bonds. The molecule has 0 spiro atoms. The van der Waals surface area contributed by atoms with Crippen molar-refractivity contribution in [2.24, 2.45) is 10.9 Å². The Morgan fingerprint density at radius 3 is 2.33 bits per heavy atom. The fraction of sp³-hybridized carbons (Fsp3) is 0.700. The Hall–Kier alpha value is -0.790. The van der Waals surface area contributed by atoms with Crippen molar-refractivity contribution in [3.05, 3.63) is 12.4 Å². The van der Waals surface area contributed by atoms with Crippen LogP contribution in [-0.2, 0) is 0 Å². The first-order valence-electron chi connectivity index (χ1n) is 4.90. The molecule has 1 heterocycles. The van der Waals surface area contributed by atoms with Gasteiger partial charge in [0.2, 0.25) is 0 Å². The molecule has 0 atom stereocenters. The summed E-state index contributed by atoms with van der Waals surface area (Å²) >= 11 is 0. The standard InChI is InChI=1S/C10H15N2/c1-2-4-6-9(5-3-1)10-11-7-8-12-10/h7-9H,1-6H2. The minimum atomic E-state index is 0.655. The molecule has 1 aliphatic heterocycles. The predicted octanol–water partition coefficient (Wildman–Crippen LogP) is 2.44. The fourth-order valence-corrected chi connectivity index (χ4v) is 2.00. The summed E-state index contributed by atoms with van der Waals surface area (Å²) in [5.41, 5.74) is 0. The van der Waals surface area contributed by atoms with E-state index in [1.165, 1.54) is 38.5 Å². The summed E-state index contributed by atoms with van der Waals surface area (Å²) in [4.78, 5) is 4.27. The van der Waals surface area contributed by atoms with Gasteiger partial charge in [-0.1, -0.05) is 25.7 Å². The van der Waals surface area contributed by atoms with Crippen molar-refractivity contribution in [3.8, 4) is 0 Å². The van der Waals surface area contributed by atoms with Gasteiger partial charge < -0.3 is 0 Å². The van der Waals surface area contributed by atoms with Gasteiger partial charge in [-0.05, 0) is 12.8 Å². The summed E-state index contributed by atoms with van der Waals surface area (Å²) in [6.45, 7) is 0. The lowest BCUT2D eigenvalue weighted by molar-refractivity contribution is 0.582. The van der Waals surface area contributed by atoms with Crippen LogP contribution >= 0.6 is 0 Å². The van der Waals surface area contributed by atoms with Gasteiger partial charge in [0.05, 0.1) is 0 Å². The Balaban J connectivity index is 1.93. The first-order valence-corrected chi connectivity index (χ1v) is 4.90. The van der Waals surface area contributed by atoms with Crippen molar-refractivity contribution >= 4 is 5.84 Å². The van der Waals surface area contributed by atoms with E-state index in [9.17, 15) is 0 Å². The Morgan fingerprint density at radius 2 is 1.75 bits per heavy atom. The summed E-state index contributed by atoms with van der Waals surface area (Å²) in [7, 11) is 0. The maximum Gasteiger partial charge on any atom is 0.131 e. The van der Waals surface area contributed by atoms with Gasteiger partial charge in [0, 0.05) is 18.3 Å². The van der Waals surface area contributed by atoms with Crippen LogP contribution in [0.25, 0.3) is 0 Å². The van der Waals surface area contributed by atoms with Crippen LogP contribution in [0, 0.1) is 5.92 Å². The predicted molar refractivity (Wildman–Crippen MR) is 49.9 cm³/mol. The molecule has 2 heteroatoms. The molecule has 2 aliphatic rings. The highest BCUT2D eigenvalue weighted by atomic mass is 15.0. The van der Waals surface area contributed by atoms with Crippen molar-refractivity contribution in [1.29, 1.82) is 0 Å². The maximum atomic E-state index is 4.27. The molecule has 2 rings (SSSR count). The molecule has 1 fully saturated rings. The van der Waals surface area contributed by atoms with Crippen LogP contribution in [0.15, 0.2) is 17.4 Å². The molecule has 0 aromatic rings. The quantitative estimate of drug-likeness (QED) is 0.531. The highest BCUT2D eigenvalue weighted by Crippen LogP contribution is 2.24. The maximum absolute atomic E-state index is 4.27. The van der Waals surface area contributed by atoms with Gasteiger partial charge in [-0.3, -0.25) is 0 Å². The molecule has 0 bridgehead atoms. The van der Waals surface area contributed by atoms with Crippen molar-refractivity contribution < 1.29 is 0 Å². The zero-order chi connectivity index (χ0) is 8.23. The van der Waals surface area contributed by atoms with E-state index in [4.69, 9.17) is 0 Å².